The quantitative estimate of drug-likeness (QED) is 0.755. The van der Waals surface area contributed by atoms with E-state index in [0.29, 0.717) is 0 Å². The van der Waals surface area contributed by atoms with Gasteiger partial charge in [-0.05, 0) is 44.1 Å². The summed E-state index contributed by atoms with van der Waals surface area (Å²) >= 11 is 0. The zero-order valence-electron chi connectivity index (χ0n) is 13.2. The number of carbonyl (C=O) groups excluding carboxylic acids is 1. The second-order valence-electron chi connectivity index (χ2n) is 7.18. The summed E-state index contributed by atoms with van der Waals surface area (Å²) in [5.41, 5.74) is 5.57. The van der Waals surface area contributed by atoms with Crippen LogP contribution in [-0.4, -0.2) is 42.5 Å². The lowest BCUT2D eigenvalue weighted by atomic mass is 9.92. The van der Waals surface area contributed by atoms with Crippen LogP contribution in [0.25, 0.3) is 0 Å². The smallest absolute Gasteiger partial charge is 0.240 e. The van der Waals surface area contributed by atoms with Gasteiger partial charge in [-0.2, -0.15) is 0 Å². The SMILES string of the molecule is CC1CC(C)CN(CCCNC(=O)C2(N)CCCC2)C1. The van der Waals surface area contributed by atoms with Gasteiger partial charge >= 0.3 is 0 Å². The molecule has 3 N–H and O–H groups in total. The minimum absolute atomic E-state index is 0.0652. The Morgan fingerprint density at radius 2 is 1.85 bits per heavy atom. The van der Waals surface area contributed by atoms with Gasteiger partial charge in [-0.25, -0.2) is 0 Å². The van der Waals surface area contributed by atoms with Crippen molar-refractivity contribution >= 4 is 5.91 Å². The molecule has 2 unspecified atom stereocenters. The highest BCUT2D eigenvalue weighted by Crippen LogP contribution is 2.27. The lowest BCUT2D eigenvalue weighted by Crippen LogP contribution is -2.52. The molecule has 0 aromatic heterocycles. The van der Waals surface area contributed by atoms with E-state index >= 15 is 0 Å². The van der Waals surface area contributed by atoms with Crippen molar-refractivity contribution in [1.29, 1.82) is 0 Å². The summed E-state index contributed by atoms with van der Waals surface area (Å²) in [4.78, 5) is 14.6. The van der Waals surface area contributed by atoms with Gasteiger partial charge in [0.25, 0.3) is 0 Å². The van der Waals surface area contributed by atoms with Crippen LogP contribution in [0.3, 0.4) is 0 Å². The van der Waals surface area contributed by atoms with E-state index in [1.807, 2.05) is 0 Å². The molecule has 0 radical (unpaired) electrons. The second-order valence-corrected chi connectivity index (χ2v) is 7.18. The molecular weight excluding hydrogens is 250 g/mol. The molecule has 1 heterocycles. The van der Waals surface area contributed by atoms with Gasteiger partial charge in [-0.15, -0.1) is 0 Å². The molecule has 1 saturated carbocycles. The van der Waals surface area contributed by atoms with Crippen LogP contribution in [0.1, 0.15) is 52.4 Å². The third-order valence-electron chi connectivity index (χ3n) is 4.83. The van der Waals surface area contributed by atoms with E-state index in [9.17, 15) is 4.79 Å². The van der Waals surface area contributed by atoms with Gasteiger partial charge in [0.15, 0.2) is 0 Å². The fraction of sp³-hybridized carbons (Fsp3) is 0.938. The van der Waals surface area contributed by atoms with Crippen LogP contribution in [0.15, 0.2) is 0 Å². The Bertz CT molecular complexity index is 316. The largest absolute Gasteiger partial charge is 0.354 e. The van der Waals surface area contributed by atoms with E-state index in [-0.39, 0.29) is 5.91 Å². The predicted octanol–water partition coefficient (Wildman–Crippen LogP) is 1.74. The lowest BCUT2D eigenvalue weighted by Gasteiger charge is -2.35. The van der Waals surface area contributed by atoms with Gasteiger partial charge in [0.2, 0.25) is 5.91 Å². The van der Waals surface area contributed by atoms with Crippen molar-refractivity contribution in [3.8, 4) is 0 Å². The van der Waals surface area contributed by atoms with Crippen molar-refractivity contribution in [3.05, 3.63) is 0 Å². The van der Waals surface area contributed by atoms with E-state index in [1.54, 1.807) is 0 Å². The van der Waals surface area contributed by atoms with Gasteiger partial charge in [-0.1, -0.05) is 26.7 Å². The van der Waals surface area contributed by atoms with Gasteiger partial charge in [-0.3, -0.25) is 4.79 Å². The van der Waals surface area contributed by atoms with E-state index < -0.39 is 5.54 Å². The van der Waals surface area contributed by atoms with Crippen molar-refractivity contribution in [2.24, 2.45) is 17.6 Å². The first-order chi connectivity index (χ1) is 9.49. The second kappa shape index (κ2) is 6.90. The van der Waals surface area contributed by atoms with Gasteiger partial charge in [0.05, 0.1) is 5.54 Å². The van der Waals surface area contributed by atoms with Gasteiger partial charge in [0.1, 0.15) is 0 Å². The van der Waals surface area contributed by atoms with Gasteiger partial charge in [0, 0.05) is 19.6 Å². The summed E-state index contributed by atoms with van der Waals surface area (Å²) in [6.07, 6.45) is 6.26. The van der Waals surface area contributed by atoms with Crippen molar-refractivity contribution in [3.63, 3.8) is 0 Å². The minimum Gasteiger partial charge on any atom is -0.354 e. The molecule has 4 heteroatoms. The number of piperidine rings is 1. The zero-order valence-corrected chi connectivity index (χ0v) is 13.2. The Balaban J connectivity index is 1.62. The van der Waals surface area contributed by atoms with E-state index in [1.165, 1.54) is 19.5 Å². The number of hydrogen-bond donors (Lipinski definition) is 2. The third kappa shape index (κ3) is 4.19. The Morgan fingerprint density at radius 1 is 1.25 bits per heavy atom. The molecule has 4 nitrogen and oxygen atoms in total. The average Bonchev–Trinajstić information content (AvgIpc) is 2.81. The number of hydrogen-bond acceptors (Lipinski definition) is 3. The lowest BCUT2D eigenvalue weighted by molar-refractivity contribution is -0.126. The highest BCUT2D eigenvalue weighted by atomic mass is 16.2. The molecular formula is C16H31N3O. The van der Waals surface area contributed by atoms with Crippen LogP contribution in [0, 0.1) is 11.8 Å². The summed E-state index contributed by atoms with van der Waals surface area (Å²) < 4.78 is 0. The Morgan fingerprint density at radius 3 is 2.45 bits per heavy atom. The fourth-order valence-electron chi connectivity index (χ4n) is 3.89. The molecule has 2 aliphatic rings. The number of carbonyl (C=O) groups is 1. The van der Waals surface area contributed by atoms with Crippen molar-refractivity contribution in [2.45, 2.75) is 57.9 Å². The van der Waals surface area contributed by atoms with E-state index in [2.05, 4.69) is 24.1 Å². The molecule has 0 aromatic rings. The minimum atomic E-state index is -0.575. The van der Waals surface area contributed by atoms with Crippen LogP contribution in [0.2, 0.25) is 0 Å². The monoisotopic (exact) mass is 281 g/mol. The maximum Gasteiger partial charge on any atom is 0.240 e. The Hall–Kier alpha value is -0.610. The molecule has 2 rings (SSSR count). The van der Waals surface area contributed by atoms with Crippen LogP contribution in [-0.2, 0) is 4.79 Å². The number of amides is 1. The first kappa shape index (κ1) is 15.8. The number of nitrogens with two attached hydrogens (primary N) is 1. The molecule has 0 bridgehead atoms. The predicted molar refractivity (Wildman–Crippen MR) is 82.4 cm³/mol. The Kier molecular flexibility index (Phi) is 5.44. The summed E-state index contributed by atoms with van der Waals surface area (Å²) in [7, 11) is 0. The standard InChI is InChI=1S/C16H31N3O/c1-13-10-14(2)12-19(11-13)9-5-8-18-15(20)16(17)6-3-4-7-16/h13-14H,3-12,17H2,1-2H3,(H,18,20). The van der Waals surface area contributed by atoms with Crippen LogP contribution in [0.4, 0.5) is 0 Å². The van der Waals surface area contributed by atoms with Crippen LogP contribution >= 0.6 is 0 Å². The highest BCUT2D eigenvalue weighted by molar-refractivity contribution is 5.86. The number of nitrogens with one attached hydrogen (secondary N) is 1. The maximum atomic E-state index is 12.1. The maximum absolute atomic E-state index is 12.1. The molecule has 1 saturated heterocycles. The normalized spacial score (nSPS) is 30.4. The summed E-state index contributed by atoms with van der Waals surface area (Å²) in [6.45, 7) is 8.94. The molecule has 1 aliphatic carbocycles. The molecule has 1 aliphatic heterocycles. The van der Waals surface area contributed by atoms with Gasteiger partial charge < -0.3 is 16.0 Å². The van der Waals surface area contributed by atoms with Crippen LogP contribution < -0.4 is 11.1 Å². The van der Waals surface area contributed by atoms with E-state index in [0.717, 1.165) is 57.0 Å². The highest BCUT2D eigenvalue weighted by Gasteiger charge is 2.36. The number of nitrogens with zero attached hydrogens (tertiary/aromatic N) is 1. The first-order valence-electron chi connectivity index (χ1n) is 8.29. The molecule has 1 amide bonds. The van der Waals surface area contributed by atoms with Crippen molar-refractivity contribution < 1.29 is 4.79 Å². The molecule has 116 valence electrons. The topological polar surface area (TPSA) is 58.4 Å². The Labute approximate surface area is 123 Å². The molecule has 20 heavy (non-hydrogen) atoms. The molecule has 2 fully saturated rings. The fourth-order valence-corrected chi connectivity index (χ4v) is 3.89. The number of rotatable bonds is 5. The third-order valence-corrected chi connectivity index (χ3v) is 4.83. The van der Waals surface area contributed by atoms with Crippen molar-refractivity contribution in [2.75, 3.05) is 26.2 Å². The molecule has 2 atom stereocenters. The molecule has 0 spiro atoms. The van der Waals surface area contributed by atoms with Crippen LogP contribution in [0.5, 0.6) is 0 Å². The van der Waals surface area contributed by atoms with E-state index in [4.69, 9.17) is 5.73 Å². The average molecular weight is 281 g/mol. The first-order valence-corrected chi connectivity index (χ1v) is 8.29. The zero-order chi connectivity index (χ0) is 14.6. The van der Waals surface area contributed by atoms with Crippen molar-refractivity contribution in [1.82, 2.24) is 10.2 Å². The number of likely N-dealkylation sites (tertiary alicyclic amines) is 1. The summed E-state index contributed by atoms with van der Waals surface area (Å²) in [6, 6.07) is 0. The molecule has 0 aromatic carbocycles. The summed E-state index contributed by atoms with van der Waals surface area (Å²) in [5.74, 6) is 1.67. The summed E-state index contributed by atoms with van der Waals surface area (Å²) in [5, 5.41) is 3.04.